The summed E-state index contributed by atoms with van der Waals surface area (Å²) in [5.74, 6) is -1.73. The van der Waals surface area contributed by atoms with Gasteiger partial charge >= 0.3 is 51.4 Å². The maximum absolute atomic E-state index is 11.9. The third-order valence-corrected chi connectivity index (χ3v) is 3.17. The van der Waals surface area contributed by atoms with Crippen LogP contribution in [0.5, 0.6) is 0 Å². The van der Waals surface area contributed by atoms with Crippen molar-refractivity contribution >= 4 is 11.9 Å². The molecular formula is C12H16KN3O4. The molecule has 0 spiro atoms. The van der Waals surface area contributed by atoms with Crippen molar-refractivity contribution in [3.63, 3.8) is 0 Å². The number of amides is 1. The van der Waals surface area contributed by atoms with Crippen molar-refractivity contribution in [3.8, 4) is 0 Å². The Kier molecular flexibility index (Phi) is 7.34. The van der Waals surface area contributed by atoms with E-state index in [1.807, 2.05) is 12.3 Å². The molecule has 8 heteroatoms. The Bertz CT molecular complexity index is 452. The summed E-state index contributed by atoms with van der Waals surface area (Å²) in [5.41, 5.74) is 0. The zero-order valence-electron chi connectivity index (χ0n) is 11.6. The minimum Gasteiger partial charge on any atom is -0.548 e. The number of nitrogens with one attached hydrogen (secondary N) is 1. The van der Waals surface area contributed by atoms with E-state index in [0.29, 0.717) is 13.2 Å². The Morgan fingerprint density at radius 3 is 2.95 bits per heavy atom. The van der Waals surface area contributed by atoms with Gasteiger partial charge in [-0.15, -0.1) is 0 Å². The van der Waals surface area contributed by atoms with E-state index in [4.69, 9.17) is 4.74 Å². The summed E-state index contributed by atoms with van der Waals surface area (Å²) in [4.78, 5) is 22.5. The normalized spacial score (nSPS) is 22.9. The monoisotopic (exact) mass is 305 g/mol. The van der Waals surface area contributed by atoms with Crippen LogP contribution in [0.4, 0.5) is 0 Å². The number of aromatic nitrogens is 2. The molecule has 1 aliphatic heterocycles. The van der Waals surface area contributed by atoms with Gasteiger partial charge in [0.1, 0.15) is 6.10 Å². The molecule has 2 heterocycles. The summed E-state index contributed by atoms with van der Waals surface area (Å²) in [6.45, 7) is 2.43. The van der Waals surface area contributed by atoms with Crippen LogP contribution in [0.3, 0.4) is 0 Å². The molecule has 7 nitrogen and oxygen atoms in total. The minimum atomic E-state index is -1.31. The van der Waals surface area contributed by atoms with E-state index in [9.17, 15) is 14.7 Å². The van der Waals surface area contributed by atoms with Gasteiger partial charge in [-0.25, -0.2) is 0 Å². The molecule has 0 bridgehead atoms. The molecule has 3 atom stereocenters. The first kappa shape index (κ1) is 17.8. The Morgan fingerprint density at radius 1 is 1.60 bits per heavy atom. The van der Waals surface area contributed by atoms with E-state index in [0.717, 1.165) is 6.42 Å². The number of carboxylic acids is 1. The molecule has 0 radical (unpaired) electrons. The number of hydrogen-bond donors (Lipinski definition) is 1. The number of aliphatic carboxylic acids is 1. The number of carboxylic acid groups (broad SMARTS) is 1. The van der Waals surface area contributed by atoms with Gasteiger partial charge in [0, 0.05) is 31.5 Å². The molecule has 0 aliphatic carbocycles. The van der Waals surface area contributed by atoms with E-state index in [-0.39, 0.29) is 57.3 Å². The molecule has 1 aromatic rings. The number of nitrogens with zero attached hydrogens (tertiary/aromatic N) is 2. The third kappa shape index (κ3) is 4.64. The number of rotatable bonds is 5. The topological polar surface area (TPSA) is 96.3 Å². The van der Waals surface area contributed by atoms with Crippen molar-refractivity contribution in [2.24, 2.45) is 5.92 Å². The second kappa shape index (κ2) is 8.25. The van der Waals surface area contributed by atoms with Crippen molar-refractivity contribution in [2.45, 2.75) is 32.0 Å². The smallest absolute Gasteiger partial charge is 0.548 e. The van der Waals surface area contributed by atoms with Crippen molar-refractivity contribution in [2.75, 3.05) is 6.61 Å². The number of carbonyl (C=O) groups excluding carboxylic acids is 2. The Labute approximate surface area is 159 Å². The zero-order chi connectivity index (χ0) is 13.8. The first-order chi connectivity index (χ1) is 9.08. The fraction of sp³-hybridized carbons (Fsp3) is 0.583. The molecule has 1 N–H and O–H groups in total. The van der Waals surface area contributed by atoms with Gasteiger partial charge in [-0.1, -0.05) is 0 Å². The van der Waals surface area contributed by atoms with E-state index in [2.05, 4.69) is 10.4 Å². The van der Waals surface area contributed by atoms with Crippen molar-refractivity contribution in [1.29, 1.82) is 0 Å². The van der Waals surface area contributed by atoms with Crippen molar-refractivity contribution < 1.29 is 70.8 Å². The fourth-order valence-corrected chi connectivity index (χ4v) is 2.11. The molecule has 20 heavy (non-hydrogen) atoms. The first-order valence-corrected chi connectivity index (χ1v) is 6.18. The molecular weight excluding hydrogens is 289 g/mol. The molecule has 1 fully saturated rings. The van der Waals surface area contributed by atoms with Crippen LogP contribution < -0.4 is 61.8 Å². The van der Waals surface area contributed by atoms with Crippen LogP contribution in [0.2, 0.25) is 0 Å². The van der Waals surface area contributed by atoms with Crippen LogP contribution in [-0.4, -0.2) is 40.4 Å². The molecule has 0 unspecified atom stereocenters. The second-order valence-electron chi connectivity index (χ2n) is 4.62. The zero-order valence-corrected chi connectivity index (χ0v) is 14.7. The third-order valence-electron chi connectivity index (χ3n) is 3.17. The maximum atomic E-state index is 11.9. The van der Waals surface area contributed by atoms with Crippen LogP contribution >= 0.6 is 0 Å². The van der Waals surface area contributed by atoms with E-state index in [1.165, 1.54) is 6.92 Å². The Hall–Kier alpha value is -0.254. The standard InChI is InChI=1S/C12H17N3O4.K/c1-8(12(17)18)14-11(16)10-9(3-6-19-10)7-15-5-2-4-13-15;/h2,4-5,8-10H,3,6-7H2,1H3,(H,14,16)(H,17,18);/q;+1/p-1/t8-,9-,10-;/m1./s1. The van der Waals surface area contributed by atoms with E-state index in [1.54, 1.807) is 10.9 Å². The summed E-state index contributed by atoms with van der Waals surface area (Å²) < 4.78 is 7.13. The average Bonchev–Trinajstić information content (AvgIpc) is 3.00. The Balaban J connectivity index is 0.00000200. The number of carbonyl (C=O) groups is 2. The average molecular weight is 305 g/mol. The van der Waals surface area contributed by atoms with Crippen LogP contribution in [0, 0.1) is 5.92 Å². The van der Waals surface area contributed by atoms with Gasteiger partial charge in [-0.2, -0.15) is 5.10 Å². The quantitative estimate of drug-likeness (QED) is 0.554. The van der Waals surface area contributed by atoms with Gasteiger partial charge in [0.2, 0.25) is 5.91 Å². The molecule has 1 saturated heterocycles. The fourth-order valence-electron chi connectivity index (χ4n) is 2.11. The number of ether oxygens (including phenoxy) is 1. The summed E-state index contributed by atoms with van der Waals surface area (Å²) in [6, 6.07) is 0.783. The van der Waals surface area contributed by atoms with Gasteiger partial charge < -0.3 is 20.0 Å². The second-order valence-corrected chi connectivity index (χ2v) is 4.62. The van der Waals surface area contributed by atoms with Crippen molar-refractivity contribution in [3.05, 3.63) is 18.5 Å². The van der Waals surface area contributed by atoms with Crippen LogP contribution in [0.15, 0.2) is 18.5 Å². The predicted octanol–water partition coefficient (Wildman–Crippen LogP) is -4.45. The molecule has 1 amide bonds. The summed E-state index contributed by atoms with van der Waals surface area (Å²) in [5, 5.41) is 17.1. The van der Waals surface area contributed by atoms with Gasteiger partial charge in [-0.05, 0) is 19.4 Å². The summed E-state index contributed by atoms with van der Waals surface area (Å²) in [6.07, 6.45) is 3.60. The van der Waals surface area contributed by atoms with Gasteiger partial charge in [0.25, 0.3) is 0 Å². The van der Waals surface area contributed by atoms with E-state index < -0.39 is 24.0 Å². The van der Waals surface area contributed by atoms with Crippen LogP contribution in [0.1, 0.15) is 13.3 Å². The minimum absolute atomic E-state index is 0. The predicted molar refractivity (Wildman–Crippen MR) is 62.7 cm³/mol. The SMILES string of the molecule is C[C@@H](NC(=O)[C@@H]1OCC[C@@H]1Cn1cccn1)C(=O)[O-].[K+]. The van der Waals surface area contributed by atoms with E-state index >= 15 is 0 Å². The molecule has 104 valence electrons. The Morgan fingerprint density at radius 2 is 2.35 bits per heavy atom. The molecule has 2 rings (SSSR count). The van der Waals surface area contributed by atoms with Gasteiger partial charge in [0.05, 0.1) is 12.0 Å². The largest absolute Gasteiger partial charge is 1.00 e. The summed E-state index contributed by atoms with van der Waals surface area (Å²) in [7, 11) is 0. The first-order valence-electron chi connectivity index (χ1n) is 6.18. The van der Waals surface area contributed by atoms with Gasteiger partial charge in [-0.3, -0.25) is 9.48 Å². The van der Waals surface area contributed by atoms with Crippen LogP contribution in [0.25, 0.3) is 0 Å². The van der Waals surface area contributed by atoms with Crippen LogP contribution in [-0.2, 0) is 20.9 Å². The van der Waals surface area contributed by atoms with Gasteiger partial charge in [0.15, 0.2) is 0 Å². The maximum Gasteiger partial charge on any atom is 1.00 e. The molecule has 1 aliphatic rings. The molecule has 0 aromatic carbocycles. The summed E-state index contributed by atoms with van der Waals surface area (Å²) >= 11 is 0. The van der Waals surface area contributed by atoms with Crippen molar-refractivity contribution in [1.82, 2.24) is 15.1 Å². The number of hydrogen-bond acceptors (Lipinski definition) is 5. The molecule has 1 aromatic heterocycles. The molecule has 0 saturated carbocycles.